The SMILES string of the molecule is C[CH2][Al+2].[Cl-].[Cl-].[Cl-].[Cl-].[Cl-].[Cl-].[W]. The Bertz CT molecular complexity index is 15.7. The van der Waals surface area contributed by atoms with Crippen LogP contribution in [0, 0.1) is 0 Å². The summed E-state index contributed by atoms with van der Waals surface area (Å²) in [6.07, 6.45) is 0. The first kappa shape index (κ1) is 75.3. The first-order valence-electron chi connectivity index (χ1n) is 1.12. The van der Waals surface area contributed by atoms with Crippen molar-refractivity contribution in [3.63, 3.8) is 0 Å². The topological polar surface area (TPSA) is 0 Å². The summed E-state index contributed by atoms with van der Waals surface area (Å²) in [5.41, 5.74) is 0. The van der Waals surface area contributed by atoms with Gasteiger partial charge >= 0.3 is 28.5 Å². The van der Waals surface area contributed by atoms with Crippen LogP contribution in [0.25, 0.3) is 0 Å². The largest absolute Gasteiger partial charge is 1.00 e. The normalized spacial score (nSPS) is 1.90. The molecule has 0 bridgehead atoms. The molecule has 0 aliphatic rings. The van der Waals surface area contributed by atoms with Crippen LogP contribution in [0.4, 0.5) is 0 Å². The Hall–Kier alpha value is 2.96. The van der Waals surface area contributed by atoms with E-state index in [1.807, 2.05) is 0 Å². The molecule has 0 fully saturated rings. The van der Waals surface area contributed by atoms with Gasteiger partial charge in [-0.2, -0.15) is 0 Å². The molecule has 8 heteroatoms. The van der Waals surface area contributed by atoms with Gasteiger partial charge in [0.05, 0.1) is 0 Å². The molecule has 0 amide bonds. The zero-order valence-corrected chi connectivity index (χ0v) is 13.6. The van der Waals surface area contributed by atoms with Crippen molar-refractivity contribution in [2.75, 3.05) is 0 Å². The molecule has 0 aromatic carbocycles. The molecular formula is C2H5AlCl6W-4. The summed E-state index contributed by atoms with van der Waals surface area (Å²) >= 11 is 2.58. The van der Waals surface area contributed by atoms with Gasteiger partial charge in [-0.3, -0.25) is 0 Å². The zero-order chi connectivity index (χ0) is 2.71. The van der Waals surface area contributed by atoms with Crippen LogP contribution >= 0.6 is 0 Å². The molecule has 0 aliphatic heterocycles. The quantitative estimate of drug-likeness (QED) is 0.321. The van der Waals surface area contributed by atoms with E-state index in [-0.39, 0.29) is 95.5 Å². The van der Waals surface area contributed by atoms with E-state index in [0.717, 1.165) is 0 Å². The van der Waals surface area contributed by atoms with Gasteiger partial charge in [0.2, 0.25) is 0 Å². The van der Waals surface area contributed by atoms with Gasteiger partial charge in [-0.1, -0.05) is 0 Å². The van der Waals surface area contributed by atoms with Crippen LogP contribution in [-0.2, 0) is 21.1 Å². The Balaban J connectivity index is -0.000000000952. The molecular weight excluding hydrogens is 448 g/mol. The third-order valence-corrected chi connectivity index (χ3v) is 0. The van der Waals surface area contributed by atoms with E-state index in [9.17, 15) is 0 Å². The monoisotopic (exact) mass is 450 g/mol. The zero-order valence-electron chi connectivity index (χ0n) is 4.96. The smallest absolute Gasteiger partial charge is 0 e. The van der Waals surface area contributed by atoms with Crippen molar-refractivity contribution >= 4 is 16.3 Å². The maximum absolute atomic E-state index is 2.58. The maximum atomic E-state index is 2.58. The molecule has 0 radical (unpaired) electrons. The molecule has 0 unspecified atom stereocenters. The Labute approximate surface area is 123 Å². The van der Waals surface area contributed by atoms with Gasteiger partial charge in [-0.25, -0.2) is 0 Å². The van der Waals surface area contributed by atoms with Crippen molar-refractivity contribution in [1.29, 1.82) is 0 Å². The number of halogens is 6. The predicted molar refractivity (Wildman–Crippen MR) is 16.2 cm³/mol. The molecule has 0 atom stereocenters. The maximum Gasteiger partial charge on any atom is 0 e. The van der Waals surface area contributed by atoms with Crippen LogP contribution in [0.2, 0.25) is 5.28 Å². The van der Waals surface area contributed by atoms with Crippen molar-refractivity contribution in [2.45, 2.75) is 12.2 Å². The standard InChI is InChI=1S/C2H5.Al.6ClH.W/c1-2;;;;;;;;/h1H2,2H3;;6*1H;/q;+2;;;;;;;/p-6. The molecule has 0 saturated carbocycles. The van der Waals surface area contributed by atoms with Gasteiger partial charge < -0.3 is 74.4 Å². The molecule has 0 rings (SSSR count). The fourth-order valence-corrected chi connectivity index (χ4v) is 0. The number of hydrogen-bond acceptors (Lipinski definition) is 0. The minimum absolute atomic E-state index is 0. The third kappa shape index (κ3) is 124. The van der Waals surface area contributed by atoms with Crippen molar-refractivity contribution in [3.8, 4) is 0 Å². The Morgan fingerprint density at radius 3 is 0.800 bits per heavy atom. The minimum Gasteiger partial charge on any atom is -1.00 e. The van der Waals surface area contributed by atoms with E-state index >= 15 is 0 Å². The third-order valence-electron chi connectivity index (χ3n) is 0. The van der Waals surface area contributed by atoms with E-state index in [4.69, 9.17) is 0 Å². The molecule has 0 heterocycles. The second-order valence-electron chi connectivity index (χ2n) is 0.408. The van der Waals surface area contributed by atoms with Gasteiger partial charge in [0.25, 0.3) is 0 Å². The summed E-state index contributed by atoms with van der Waals surface area (Å²) in [6, 6.07) is 0. The second kappa shape index (κ2) is 91.6. The Kier molecular flexibility index (Phi) is 690. The van der Waals surface area contributed by atoms with E-state index in [1.165, 1.54) is 5.28 Å². The van der Waals surface area contributed by atoms with Crippen LogP contribution in [0.5, 0.6) is 0 Å². The van der Waals surface area contributed by atoms with Gasteiger partial charge in [-0.15, -0.1) is 0 Å². The van der Waals surface area contributed by atoms with Gasteiger partial charge in [-0.05, 0) is 0 Å². The molecule has 0 aliphatic carbocycles. The number of hydrogen-bond donors (Lipinski definition) is 0. The minimum atomic E-state index is 0. The van der Waals surface area contributed by atoms with Crippen LogP contribution in [0.15, 0.2) is 0 Å². The predicted octanol–water partition coefficient (Wildman–Crippen LogP) is -17.4. The van der Waals surface area contributed by atoms with E-state index in [1.54, 1.807) is 0 Å². The van der Waals surface area contributed by atoms with E-state index in [2.05, 4.69) is 23.2 Å². The Morgan fingerprint density at radius 1 is 0.800 bits per heavy atom. The van der Waals surface area contributed by atoms with Crippen molar-refractivity contribution in [3.05, 3.63) is 0 Å². The van der Waals surface area contributed by atoms with Crippen LogP contribution in [0.1, 0.15) is 6.92 Å². The molecule has 0 N–H and O–H groups in total. The summed E-state index contributed by atoms with van der Waals surface area (Å²) in [6.45, 7) is 2.09. The van der Waals surface area contributed by atoms with Crippen LogP contribution < -0.4 is 74.4 Å². The second-order valence-corrected chi connectivity index (χ2v) is 1.22. The molecule has 68 valence electrons. The van der Waals surface area contributed by atoms with Gasteiger partial charge in [0, 0.05) is 21.1 Å². The van der Waals surface area contributed by atoms with E-state index in [0.29, 0.717) is 0 Å². The summed E-state index contributed by atoms with van der Waals surface area (Å²) < 4.78 is 0. The average molecular weight is 453 g/mol. The molecule has 0 spiro atoms. The molecule has 10 heavy (non-hydrogen) atoms. The van der Waals surface area contributed by atoms with Crippen LogP contribution in [-0.4, -0.2) is 16.3 Å². The Morgan fingerprint density at radius 2 is 0.800 bits per heavy atom. The fourth-order valence-electron chi connectivity index (χ4n) is 0. The molecule has 0 nitrogen and oxygen atoms in total. The van der Waals surface area contributed by atoms with Gasteiger partial charge in [0.15, 0.2) is 0 Å². The first-order chi connectivity index (χ1) is 1.41. The summed E-state index contributed by atoms with van der Waals surface area (Å²) in [4.78, 5) is 0. The first-order valence-corrected chi connectivity index (χ1v) is 1.93. The molecule has 0 aromatic heterocycles. The molecule has 0 saturated heterocycles. The number of rotatable bonds is 0. The average Bonchev–Trinajstić information content (AvgIpc) is 0.918. The summed E-state index contributed by atoms with van der Waals surface area (Å²) in [7, 11) is 0. The van der Waals surface area contributed by atoms with Crippen molar-refractivity contribution in [2.24, 2.45) is 0 Å². The van der Waals surface area contributed by atoms with Crippen LogP contribution in [0.3, 0.4) is 0 Å². The summed E-state index contributed by atoms with van der Waals surface area (Å²) in [5.74, 6) is 0. The van der Waals surface area contributed by atoms with Crippen molar-refractivity contribution in [1.82, 2.24) is 0 Å². The van der Waals surface area contributed by atoms with Gasteiger partial charge in [0.1, 0.15) is 0 Å². The van der Waals surface area contributed by atoms with E-state index < -0.39 is 0 Å². The molecule has 0 aromatic rings. The fraction of sp³-hybridized carbons (Fsp3) is 1.00. The summed E-state index contributed by atoms with van der Waals surface area (Å²) in [5, 5.41) is 1.17. The van der Waals surface area contributed by atoms with Crippen molar-refractivity contribution < 1.29 is 95.5 Å².